The van der Waals surface area contributed by atoms with Crippen LogP contribution in [-0.2, 0) is 6.42 Å². The van der Waals surface area contributed by atoms with E-state index in [9.17, 15) is 0 Å². The molecule has 0 saturated heterocycles. The van der Waals surface area contributed by atoms with E-state index in [1.807, 2.05) is 25.1 Å². The van der Waals surface area contributed by atoms with Gasteiger partial charge >= 0.3 is 0 Å². The molecule has 0 fully saturated rings. The second-order valence-electron chi connectivity index (χ2n) is 3.82. The molecule has 1 aromatic carbocycles. The maximum atomic E-state index is 5.69. The molecule has 0 bridgehead atoms. The van der Waals surface area contributed by atoms with Crippen LogP contribution in [0.1, 0.15) is 12.7 Å². The van der Waals surface area contributed by atoms with Crippen LogP contribution in [0.15, 0.2) is 27.2 Å². The lowest BCUT2D eigenvalue weighted by molar-refractivity contribution is 0.420. The average Bonchev–Trinajstić information content (AvgIpc) is 2.69. The molecule has 1 atom stereocenters. The highest BCUT2D eigenvalue weighted by atomic mass is 127. The zero-order valence-corrected chi connectivity index (χ0v) is 12.9. The number of hydrogen-bond acceptors (Lipinski definition) is 4. The summed E-state index contributed by atoms with van der Waals surface area (Å²) < 4.78 is 7.29. The van der Waals surface area contributed by atoms with Gasteiger partial charge < -0.3 is 10.3 Å². The van der Waals surface area contributed by atoms with Crippen molar-refractivity contribution in [1.82, 2.24) is 10.1 Å². The Morgan fingerprint density at radius 3 is 3.00 bits per heavy atom. The largest absolute Gasteiger partial charge is 0.334 e. The highest BCUT2D eigenvalue weighted by Crippen LogP contribution is 2.28. The Labute approximate surface area is 121 Å². The van der Waals surface area contributed by atoms with Crippen LogP contribution >= 0.6 is 38.5 Å². The van der Waals surface area contributed by atoms with Gasteiger partial charge in [-0.1, -0.05) is 5.16 Å². The SMILES string of the molecule is CC(N)Cc1noc(-c2cc(I)ccc2Br)n1. The van der Waals surface area contributed by atoms with E-state index in [4.69, 9.17) is 10.3 Å². The summed E-state index contributed by atoms with van der Waals surface area (Å²) in [6.07, 6.45) is 0.616. The topological polar surface area (TPSA) is 64.9 Å². The van der Waals surface area contributed by atoms with E-state index < -0.39 is 0 Å². The van der Waals surface area contributed by atoms with Gasteiger partial charge in [-0.05, 0) is 63.6 Å². The molecule has 0 aliphatic carbocycles. The summed E-state index contributed by atoms with van der Waals surface area (Å²) in [6, 6.07) is 5.99. The molecule has 2 N–H and O–H groups in total. The maximum Gasteiger partial charge on any atom is 0.259 e. The molecule has 1 unspecified atom stereocenters. The lowest BCUT2D eigenvalue weighted by Gasteiger charge is -1.99. The van der Waals surface area contributed by atoms with Gasteiger partial charge in [-0.3, -0.25) is 0 Å². The number of nitrogens with zero attached hydrogens (tertiary/aromatic N) is 2. The van der Waals surface area contributed by atoms with Crippen LogP contribution in [0, 0.1) is 3.57 Å². The summed E-state index contributed by atoms with van der Waals surface area (Å²) in [6.45, 7) is 1.91. The molecule has 0 saturated carbocycles. The van der Waals surface area contributed by atoms with E-state index >= 15 is 0 Å². The van der Waals surface area contributed by atoms with Gasteiger partial charge in [0.1, 0.15) is 0 Å². The number of hydrogen-bond donors (Lipinski definition) is 1. The number of aromatic nitrogens is 2. The second-order valence-corrected chi connectivity index (χ2v) is 5.92. The van der Waals surface area contributed by atoms with Crippen LogP contribution in [0.25, 0.3) is 11.5 Å². The quantitative estimate of drug-likeness (QED) is 0.794. The van der Waals surface area contributed by atoms with Gasteiger partial charge in [0.25, 0.3) is 5.89 Å². The molecular weight excluding hydrogens is 397 g/mol. The van der Waals surface area contributed by atoms with E-state index in [0.717, 1.165) is 13.6 Å². The van der Waals surface area contributed by atoms with E-state index in [-0.39, 0.29) is 6.04 Å². The summed E-state index contributed by atoms with van der Waals surface area (Å²) in [7, 11) is 0. The highest BCUT2D eigenvalue weighted by molar-refractivity contribution is 14.1. The van der Waals surface area contributed by atoms with Crippen LogP contribution in [0.2, 0.25) is 0 Å². The first-order valence-corrected chi connectivity index (χ1v) is 6.97. The average molecular weight is 408 g/mol. The summed E-state index contributed by atoms with van der Waals surface area (Å²) in [4.78, 5) is 4.33. The third-order valence-electron chi connectivity index (χ3n) is 2.13. The Kier molecular flexibility index (Phi) is 4.16. The first-order chi connectivity index (χ1) is 8.06. The number of rotatable bonds is 3. The minimum absolute atomic E-state index is 0.0276. The third-order valence-corrected chi connectivity index (χ3v) is 3.49. The Morgan fingerprint density at radius 2 is 2.29 bits per heavy atom. The van der Waals surface area contributed by atoms with Crippen molar-refractivity contribution >= 4 is 38.5 Å². The highest BCUT2D eigenvalue weighted by Gasteiger charge is 2.13. The van der Waals surface area contributed by atoms with Gasteiger partial charge in [-0.25, -0.2) is 0 Å². The van der Waals surface area contributed by atoms with Crippen molar-refractivity contribution in [3.8, 4) is 11.5 Å². The molecular formula is C11H11BrIN3O. The molecule has 2 aromatic rings. The Hall–Kier alpha value is -0.470. The minimum Gasteiger partial charge on any atom is -0.334 e. The molecule has 90 valence electrons. The number of nitrogens with two attached hydrogens (primary N) is 1. The maximum absolute atomic E-state index is 5.69. The fraction of sp³-hybridized carbons (Fsp3) is 0.273. The van der Waals surface area contributed by atoms with Crippen LogP contribution in [0.3, 0.4) is 0 Å². The summed E-state index contributed by atoms with van der Waals surface area (Å²) >= 11 is 5.72. The van der Waals surface area contributed by atoms with Crippen molar-refractivity contribution in [1.29, 1.82) is 0 Å². The molecule has 0 radical (unpaired) electrons. The Bertz CT molecular complexity index is 527. The van der Waals surface area contributed by atoms with Crippen molar-refractivity contribution in [3.63, 3.8) is 0 Å². The van der Waals surface area contributed by atoms with Crippen molar-refractivity contribution in [2.45, 2.75) is 19.4 Å². The normalized spacial score (nSPS) is 12.7. The van der Waals surface area contributed by atoms with E-state index in [1.54, 1.807) is 0 Å². The molecule has 1 heterocycles. The zero-order chi connectivity index (χ0) is 12.4. The van der Waals surface area contributed by atoms with Gasteiger partial charge in [-0.15, -0.1) is 0 Å². The molecule has 4 nitrogen and oxygen atoms in total. The molecule has 0 aliphatic rings. The predicted molar refractivity (Wildman–Crippen MR) is 77.5 cm³/mol. The van der Waals surface area contributed by atoms with Gasteiger partial charge in [0.2, 0.25) is 0 Å². The van der Waals surface area contributed by atoms with E-state index in [2.05, 4.69) is 48.7 Å². The Morgan fingerprint density at radius 1 is 1.53 bits per heavy atom. The van der Waals surface area contributed by atoms with Crippen molar-refractivity contribution in [2.24, 2.45) is 5.73 Å². The Balaban J connectivity index is 2.33. The smallest absolute Gasteiger partial charge is 0.259 e. The van der Waals surface area contributed by atoms with Crippen molar-refractivity contribution in [2.75, 3.05) is 0 Å². The fourth-order valence-corrected chi connectivity index (χ4v) is 2.30. The molecule has 2 rings (SSSR count). The molecule has 0 spiro atoms. The molecule has 6 heteroatoms. The van der Waals surface area contributed by atoms with E-state index in [1.165, 1.54) is 0 Å². The number of halogens is 2. The first-order valence-electron chi connectivity index (χ1n) is 5.10. The van der Waals surface area contributed by atoms with Gasteiger partial charge in [0.05, 0.1) is 5.56 Å². The fourth-order valence-electron chi connectivity index (χ4n) is 1.40. The third kappa shape index (κ3) is 3.26. The molecule has 1 aromatic heterocycles. The standard InChI is InChI=1S/C11H11BrIN3O/c1-6(14)4-10-15-11(17-16-10)8-5-7(13)2-3-9(8)12/h2-3,5-6H,4,14H2,1H3. The van der Waals surface area contributed by atoms with Crippen LogP contribution in [0.4, 0.5) is 0 Å². The van der Waals surface area contributed by atoms with Gasteiger partial charge in [0.15, 0.2) is 5.82 Å². The molecule has 0 aliphatic heterocycles. The van der Waals surface area contributed by atoms with Crippen LogP contribution in [0.5, 0.6) is 0 Å². The van der Waals surface area contributed by atoms with E-state index in [0.29, 0.717) is 18.1 Å². The van der Waals surface area contributed by atoms with Gasteiger partial charge in [-0.2, -0.15) is 4.98 Å². The van der Waals surface area contributed by atoms with Crippen LogP contribution in [-0.4, -0.2) is 16.2 Å². The summed E-state index contributed by atoms with van der Waals surface area (Å²) in [5, 5.41) is 3.91. The first kappa shape index (κ1) is 13.0. The predicted octanol–water partition coefficient (Wildman–Crippen LogP) is 2.99. The second kappa shape index (κ2) is 5.45. The molecule has 0 amide bonds. The number of benzene rings is 1. The molecule has 17 heavy (non-hydrogen) atoms. The van der Waals surface area contributed by atoms with Crippen LogP contribution < -0.4 is 5.73 Å². The minimum atomic E-state index is 0.0276. The summed E-state index contributed by atoms with van der Waals surface area (Å²) in [5.41, 5.74) is 6.60. The van der Waals surface area contributed by atoms with Crippen molar-refractivity contribution in [3.05, 3.63) is 32.1 Å². The monoisotopic (exact) mass is 407 g/mol. The lowest BCUT2D eigenvalue weighted by Crippen LogP contribution is -2.18. The van der Waals surface area contributed by atoms with Gasteiger partial charge in [0, 0.05) is 20.5 Å². The van der Waals surface area contributed by atoms with Crippen molar-refractivity contribution < 1.29 is 4.52 Å². The zero-order valence-electron chi connectivity index (χ0n) is 9.15. The lowest BCUT2D eigenvalue weighted by atomic mass is 10.2. The summed E-state index contributed by atoms with van der Waals surface area (Å²) in [5.74, 6) is 1.16.